The average molecular weight is 685 g/mol. The summed E-state index contributed by atoms with van der Waals surface area (Å²) in [5.41, 5.74) is 3.87. The number of esters is 4. The summed E-state index contributed by atoms with van der Waals surface area (Å²) in [6, 6.07) is 13.5. The first-order chi connectivity index (χ1) is 23.2. The zero-order valence-electron chi connectivity index (χ0n) is 27.0. The summed E-state index contributed by atoms with van der Waals surface area (Å²) in [6.45, 7) is 3.57. The van der Waals surface area contributed by atoms with Crippen LogP contribution in [0.2, 0.25) is 0 Å². The molecule has 2 amide bonds. The average Bonchev–Trinajstić information content (AvgIpc) is 3.34. The van der Waals surface area contributed by atoms with Gasteiger partial charge in [-0.1, -0.05) is 48.5 Å². The Morgan fingerprint density at radius 1 is 0.714 bits per heavy atom. The second-order valence-corrected chi connectivity index (χ2v) is 11.3. The molecule has 2 aromatic rings. The smallest absolute Gasteiger partial charge is 0.407 e. The molecular formula is C33H36N2O14. The highest BCUT2D eigenvalue weighted by Gasteiger charge is 2.52. The maximum Gasteiger partial charge on any atom is 0.407 e. The van der Waals surface area contributed by atoms with Gasteiger partial charge in [0.05, 0.1) is 6.42 Å². The van der Waals surface area contributed by atoms with Crippen molar-refractivity contribution in [2.45, 2.75) is 76.7 Å². The van der Waals surface area contributed by atoms with Crippen molar-refractivity contribution >= 4 is 41.8 Å². The van der Waals surface area contributed by atoms with Gasteiger partial charge in [-0.2, -0.15) is 0 Å². The van der Waals surface area contributed by atoms with Gasteiger partial charge in [-0.3, -0.25) is 24.0 Å². The van der Waals surface area contributed by atoms with Gasteiger partial charge in [-0.15, -0.1) is 0 Å². The molecule has 16 nitrogen and oxygen atoms in total. The van der Waals surface area contributed by atoms with Crippen molar-refractivity contribution in [3.05, 3.63) is 59.7 Å². The summed E-state index contributed by atoms with van der Waals surface area (Å²) in [6.07, 6.45) is -9.53. The van der Waals surface area contributed by atoms with Crippen LogP contribution in [0.5, 0.6) is 0 Å². The summed E-state index contributed by atoms with van der Waals surface area (Å²) >= 11 is 0. The largest absolute Gasteiger partial charge is 0.480 e. The minimum absolute atomic E-state index is 0.108. The molecule has 0 saturated carbocycles. The predicted octanol–water partition coefficient (Wildman–Crippen LogP) is 1.57. The molecule has 6 atom stereocenters. The molecule has 0 radical (unpaired) electrons. The Morgan fingerprint density at radius 2 is 1.24 bits per heavy atom. The Morgan fingerprint density at radius 3 is 1.78 bits per heavy atom. The van der Waals surface area contributed by atoms with Gasteiger partial charge in [0.1, 0.15) is 25.4 Å². The molecule has 3 N–H and O–H groups in total. The molecule has 6 unspecified atom stereocenters. The number of hydrogen-bond donors (Lipinski definition) is 3. The van der Waals surface area contributed by atoms with E-state index in [0.29, 0.717) is 0 Å². The Bertz CT molecular complexity index is 1560. The number of ether oxygens (including phenoxy) is 6. The number of alkyl carbamates (subject to hydrolysis) is 1. The van der Waals surface area contributed by atoms with Gasteiger partial charge in [-0.05, 0) is 22.3 Å². The maximum absolute atomic E-state index is 13.2. The first-order valence-electron chi connectivity index (χ1n) is 15.2. The molecule has 0 aromatic heterocycles. The van der Waals surface area contributed by atoms with Gasteiger partial charge in [-0.25, -0.2) is 9.59 Å². The second kappa shape index (κ2) is 16.1. The van der Waals surface area contributed by atoms with Gasteiger partial charge in [0.2, 0.25) is 5.91 Å². The molecule has 4 rings (SSSR count). The Kier molecular flexibility index (Phi) is 11.9. The van der Waals surface area contributed by atoms with Gasteiger partial charge in [0.25, 0.3) is 0 Å². The van der Waals surface area contributed by atoms with Crippen LogP contribution in [0.3, 0.4) is 0 Å². The number of carboxylic acid groups (broad SMARTS) is 1. The van der Waals surface area contributed by atoms with Crippen LogP contribution in [-0.2, 0) is 57.2 Å². The number of benzene rings is 2. The molecule has 1 aliphatic carbocycles. The van der Waals surface area contributed by atoms with Crippen LogP contribution in [0.15, 0.2) is 48.5 Å². The highest BCUT2D eigenvalue weighted by atomic mass is 16.7. The maximum atomic E-state index is 13.2. The van der Waals surface area contributed by atoms with E-state index in [1.807, 2.05) is 48.5 Å². The Hall–Kier alpha value is -5.51. The summed E-state index contributed by atoms with van der Waals surface area (Å²) < 4.78 is 32.1. The number of fused-ring (bicyclic) bond motifs is 3. The van der Waals surface area contributed by atoms with Gasteiger partial charge in [0, 0.05) is 33.6 Å². The Labute approximate surface area is 280 Å². The van der Waals surface area contributed by atoms with Gasteiger partial charge in [0.15, 0.2) is 24.5 Å². The van der Waals surface area contributed by atoms with E-state index in [-0.39, 0.29) is 12.5 Å². The zero-order valence-corrected chi connectivity index (χ0v) is 27.0. The third kappa shape index (κ3) is 9.31. The molecule has 49 heavy (non-hydrogen) atoms. The van der Waals surface area contributed by atoms with Crippen LogP contribution < -0.4 is 10.6 Å². The number of carbonyl (C=O) groups is 7. The third-order valence-corrected chi connectivity index (χ3v) is 7.62. The molecule has 1 aliphatic heterocycles. The quantitative estimate of drug-likeness (QED) is 0.214. The molecule has 2 aromatic carbocycles. The van der Waals surface area contributed by atoms with E-state index >= 15 is 0 Å². The van der Waals surface area contributed by atoms with Crippen LogP contribution in [0, 0.1) is 0 Å². The summed E-state index contributed by atoms with van der Waals surface area (Å²) in [5.74, 6) is -6.22. The Balaban J connectivity index is 1.46. The topological polar surface area (TPSA) is 219 Å². The molecular weight excluding hydrogens is 648 g/mol. The van der Waals surface area contributed by atoms with Gasteiger partial charge >= 0.3 is 35.9 Å². The molecule has 1 saturated heterocycles. The standard InChI is InChI=1S/C33H36N2O14/c1-16(36)44-15-26-28(46-17(2)37)29(47-18(3)38)30(48-19(4)39)31(49-26)35-27(40)13-25(32(41)42)34-33(43)45-14-24-22-11-7-5-9-20(22)21-10-6-8-12-23(21)24/h5-12,24-26,28-31H,13-15H2,1-4H3,(H,34,43)(H,35,40)(H,41,42). The van der Waals surface area contributed by atoms with E-state index in [2.05, 4.69) is 10.6 Å². The minimum Gasteiger partial charge on any atom is -0.480 e. The van der Waals surface area contributed by atoms with Crippen LogP contribution >= 0.6 is 0 Å². The number of carbonyl (C=O) groups excluding carboxylic acids is 6. The first-order valence-corrected chi connectivity index (χ1v) is 15.2. The van der Waals surface area contributed by atoms with Crippen LogP contribution in [0.1, 0.15) is 51.2 Å². The van der Waals surface area contributed by atoms with E-state index < -0.39 is 91.6 Å². The number of amides is 2. The highest BCUT2D eigenvalue weighted by molar-refractivity contribution is 5.87. The number of hydrogen-bond acceptors (Lipinski definition) is 13. The van der Waals surface area contributed by atoms with Crippen molar-refractivity contribution in [1.82, 2.24) is 10.6 Å². The molecule has 1 heterocycles. The van der Waals surface area contributed by atoms with Crippen LogP contribution in [0.4, 0.5) is 4.79 Å². The number of carboxylic acids is 1. The van der Waals surface area contributed by atoms with Crippen molar-refractivity contribution in [2.75, 3.05) is 13.2 Å². The van der Waals surface area contributed by atoms with Crippen molar-refractivity contribution in [3.63, 3.8) is 0 Å². The van der Waals surface area contributed by atoms with E-state index in [1.54, 1.807) is 0 Å². The lowest BCUT2D eigenvalue weighted by molar-refractivity contribution is -0.257. The molecule has 0 spiro atoms. The third-order valence-electron chi connectivity index (χ3n) is 7.62. The van der Waals surface area contributed by atoms with E-state index in [1.165, 1.54) is 0 Å². The lowest BCUT2D eigenvalue weighted by Gasteiger charge is -2.44. The van der Waals surface area contributed by atoms with Crippen molar-refractivity contribution < 1.29 is 67.1 Å². The molecule has 262 valence electrons. The minimum atomic E-state index is -1.78. The molecule has 2 aliphatic rings. The summed E-state index contributed by atoms with van der Waals surface area (Å²) in [7, 11) is 0. The molecule has 16 heteroatoms. The highest BCUT2D eigenvalue weighted by Crippen LogP contribution is 2.44. The summed E-state index contributed by atoms with van der Waals surface area (Å²) in [4.78, 5) is 85.5. The molecule has 1 fully saturated rings. The van der Waals surface area contributed by atoms with Crippen molar-refractivity contribution in [3.8, 4) is 11.1 Å². The summed E-state index contributed by atoms with van der Waals surface area (Å²) in [5, 5.41) is 14.3. The first kappa shape index (κ1) is 36.3. The van der Waals surface area contributed by atoms with E-state index in [4.69, 9.17) is 28.4 Å². The van der Waals surface area contributed by atoms with E-state index in [0.717, 1.165) is 49.9 Å². The normalized spacial score (nSPS) is 21.5. The van der Waals surface area contributed by atoms with Crippen LogP contribution in [0.25, 0.3) is 11.1 Å². The van der Waals surface area contributed by atoms with Crippen LogP contribution in [-0.4, -0.2) is 96.9 Å². The molecule has 0 bridgehead atoms. The van der Waals surface area contributed by atoms with Gasteiger partial charge < -0.3 is 44.2 Å². The number of aliphatic carboxylic acids is 1. The number of rotatable bonds is 12. The predicted molar refractivity (Wildman–Crippen MR) is 164 cm³/mol. The fourth-order valence-corrected chi connectivity index (χ4v) is 5.73. The number of nitrogens with one attached hydrogen (secondary N) is 2. The fourth-order valence-electron chi connectivity index (χ4n) is 5.73. The monoisotopic (exact) mass is 684 g/mol. The second-order valence-electron chi connectivity index (χ2n) is 11.3. The lowest BCUT2D eigenvalue weighted by atomic mass is 9.97. The fraction of sp³-hybridized carbons (Fsp3) is 0.424. The zero-order chi connectivity index (χ0) is 35.8. The van der Waals surface area contributed by atoms with E-state index in [9.17, 15) is 38.7 Å². The van der Waals surface area contributed by atoms with Crippen molar-refractivity contribution in [2.24, 2.45) is 0 Å². The lowest BCUT2D eigenvalue weighted by Crippen LogP contribution is -2.66. The van der Waals surface area contributed by atoms with Crippen molar-refractivity contribution in [1.29, 1.82) is 0 Å². The SMILES string of the molecule is CC(=O)OCC1OC(NC(=O)CC(NC(=O)OCC2c3ccccc3-c3ccccc32)C(=O)O)C(OC(C)=O)C(OC(C)=O)C1OC(C)=O.